The molecule has 0 saturated carbocycles. The first-order chi connectivity index (χ1) is 12.3. The highest BCUT2D eigenvalue weighted by atomic mass is 16.5. The summed E-state index contributed by atoms with van der Waals surface area (Å²) in [5.74, 6) is 3.45. The summed E-state index contributed by atoms with van der Waals surface area (Å²) in [5.41, 5.74) is 1.37. The summed E-state index contributed by atoms with van der Waals surface area (Å²) in [4.78, 5) is 13.2. The molecule has 4 aliphatic rings. The van der Waals surface area contributed by atoms with Gasteiger partial charge in [0.05, 0.1) is 13.7 Å². The fourth-order valence-corrected chi connectivity index (χ4v) is 5.54. The SMILES string of the molecule is COc1ccccc1[C@@H]1CN(Cc2ncc[nH]2)[C@@H]2C3CCN(CC3)[C@@H]21. The number of aromatic nitrogens is 2. The Bertz CT molecular complexity index is 723. The van der Waals surface area contributed by atoms with Crippen LogP contribution in [0.5, 0.6) is 5.75 Å². The van der Waals surface area contributed by atoms with Gasteiger partial charge in [0.1, 0.15) is 11.6 Å². The molecular weight excluding hydrogens is 312 g/mol. The number of hydrogen-bond acceptors (Lipinski definition) is 4. The number of piperidine rings is 3. The minimum atomic E-state index is 0.513. The minimum absolute atomic E-state index is 0.513. The van der Waals surface area contributed by atoms with Gasteiger partial charge in [-0.15, -0.1) is 0 Å². The third kappa shape index (κ3) is 2.49. The summed E-state index contributed by atoms with van der Waals surface area (Å²) in [5, 5.41) is 0. The van der Waals surface area contributed by atoms with E-state index in [2.05, 4.69) is 44.0 Å². The topological polar surface area (TPSA) is 44.4 Å². The first-order valence-corrected chi connectivity index (χ1v) is 9.44. The van der Waals surface area contributed by atoms with E-state index in [1.54, 1.807) is 7.11 Å². The van der Waals surface area contributed by atoms with Crippen LogP contribution in [-0.4, -0.2) is 58.6 Å². The lowest BCUT2D eigenvalue weighted by molar-refractivity contribution is -0.00934. The van der Waals surface area contributed by atoms with Gasteiger partial charge in [-0.1, -0.05) is 18.2 Å². The zero-order chi connectivity index (χ0) is 16.8. The summed E-state index contributed by atoms with van der Waals surface area (Å²) < 4.78 is 5.70. The molecule has 4 aliphatic heterocycles. The van der Waals surface area contributed by atoms with Crippen molar-refractivity contribution in [1.29, 1.82) is 0 Å². The number of likely N-dealkylation sites (tertiary alicyclic amines) is 1. The molecule has 1 aromatic heterocycles. The van der Waals surface area contributed by atoms with Crippen molar-refractivity contribution in [1.82, 2.24) is 19.8 Å². The number of hydrogen-bond donors (Lipinski definition) is 1. The molecule has 3 atom stereocenters. The third-order valence-electron chi connectivity index (χ3n) is 6.54. The molecule has 2 aromatic rings. The zero-order valence-electron chi connectivity index (χ0n) is 14.8. The highest BCUT2D eigenvalue weighted by Crippen LogP contribution is 2.48. The Hall–Kier alpha value is -1.85. The number of rotatable bonds is 4. The van der Waals surface area contributed by atoms with Crippen molar-refractivity contribution < 1.29 is 4.74 Å². The summed E-state index contributed by atoms with van der Waals surface area (Å²) in [6, 6.07) is 9.85. The minimum Gasteiger partial charge on any atom is -0.496 e. The number of aromatic amines is 1. The number of nitrogens with one attached hydrogen (secondary N) is 1. The largest absolute Gasteiger partial charge is 0.496 e. The summed E-state index contributed by atoms with van der Waals surface area (Å²) >= 11 is 0. The summed E-state index contributed by atoms with van der Waals surface area (Å²) in [6.45, 7) is 4.52. The highest BCUT2D eigenvalue weighted by molar-refractivity contribution is 5.39. The van der Waals surface area contributed by atoms with Crippen molar-refractivity contribution in [3.05, 3.63) is 48.0 Å². The molecule has 5 nitrogen and oxygen atoms in total. The number of fused-ring (bicyclic) bond motifs is 2. The van der Waals surface area contributed by atoms with Gasteiger partial charge in [-0.2, -0.15) is 0 Å². The highest BCUT2D eigenvalue weighted by Gasteiger charge is 2.53. The fourth-order valence-electron chi connectivity index (χ4n) is 5.54. The Kier molecular flexibility index (Phi) is 3.79. The molecule has 132 valence electrons. The summed E-state index contributed by atoms with van der Waals surface area (Å²) in [7, 11) is 1.79. The van der Waals surface area contributed by atoms with Crippen molar-refractivity contribution in [3.63, 3.8) is 0 Å². The number of imidazole rings is 1. The average Bonchev–Trinajstić information content (AvgIpc) is 3.32. The van der Waals surface area contributed by atoms with Gasteiger partial charge in [-0.05, 0) is 37.9 Å². The number of H-pyrrole nitrogens is 1. The van der Waals surface area contributed by atoms with Crippen molar-refractivity contribution >= 4 is 0 Å². The Balaban J connectivity index is 1.51. The standard InChI is InChI=1S/C20H26N4O/c1-25-17-5-3-2-4-15(17)16-12-24(13-18-21-8-9-22-18)19-14-6-10-23(11-7-14)20(16)19/h2-5,8-9,14,16,19-20H,6-7,10-13H2,1H3,(H,21,22)/t16-,19+,20+/m0/s1. The molecule has 1 aromatic carbocycles. The van der Waals surface area contributed by atoms with Crippen LogP contribution in [0.1, 0.15) is 30.1 Å². The van der Waals surface area contributed by atoms with Crippen LogP contribution in [0.2, 0.25) is 0 Å². The maximum Gasteiger partial charge on any atom is 0.122 e. The molecule has 5 heteroatoms. The maximum absolute atomic E-state index is 5.70. The number of benzene rings is 1. The van der Waals surface area contributed by atoms with Crippen molar-refractivity contribution in [2.45, 2.75) is 37.4 Å². The van der Waals surface area contributed by atoms with Crippen LogP contribution >= 0.6 is 0 Å². The second-order valence-electron chi connectivity index (χ2n) is 7.67. The quantitative estimate of drug-likeness (QED) is 0.930. The molecule has 0 radical (unpaired) electrons. The van der Waals surface area contributed by atoms with E-state index < -0.39 is 0 Å². The Labute approximate surface area is 149 Å². The summed E-state index contributed by atoms with van der Waals surface area (Å²) in [6.07, 6.45) is 6.47. The molecule has 0 unspecified atom stereocenters. The maximum atomic E-state index is 5.70. The van der Waals surface area contributed by atoms with Gasteiger partial charge in [-0.3, -0.25) is 9.80 Å². The smallest absolute Gasteiger partial charge is 0.122 e. The van der Waals surface area contributed by atoms with E-state index in [9.17, 15) is 0 Å². The van der Waals surface area contributed by atoms with Gasteiger partial charge >= 0.3 is 0 Å². The van der Waals surface area contributed by atoms with Gasteiger partial charge in [0, 0.05) is 42.5 Å². The predicted molar refractivity (Wildman–Crippen MR) is 96.6 cm³/mol. The van der Waals surface area contributed by atoms with Crippen molar-refractivity contribution in [2.75, 3.05) is 26.7 Å². The van der Waals surface area contributed by atoms with Crippen LogP contribution in [0.3, 0.4) is 0 Å². The molecule has 0 aliphatic carbocycles. The van der Waals surface area contributed by atoms with Crippen molar-refractivity contribution in [2.24, 2.45) is 5.92 Å². The molecule has 2 bridgehead atoms. The first-order valence-electron chi connectivity index (χ1n) is 9.44. The van der Waals surface area contributed by atoms with E-state index in [4.69, 9.17) is 4.74 Å². The lowest BCUT2D eigenvalue weighted by Gasteiger charge is -2.51. The Morgan fingerprint density at radius 1 is 1.20 bits per heavy atom. The van der Waals surface area contributed by atoms with Gasteiger partial charge in [-0.25, -0.2) is 4.98 Å². The van der Waals surface area contributed by atoms with Crippen LogP contribution in [0.15, 0.2) is 36.7 Å². The van der Waals surface area contributed by atoms with E-state index in [1.165, 1.54) is 31.5 Å². The van der Waals surface area contributed by atoms with Crippen molar-refractivity contribution in [3.8, 4) is 5.75 Å². The van der Waals surface area contributed by atoms with E-state index >= 15 is 0 Å². The molecule has 6 rings (SSSR count). The van der Waals surface area contributed by atoms with Crippen LogP contribution in [-0.2, 0) is 6.54 Å². The second kappa shape index (κ2) is 6.15. The fraction of sp³-hybridized carbons (Fsp3) is 0.550. The number of ether oxygens (including phenoxy) is 1. The second-order valence-corrected chi connectivity index (χ2v) is 7.67. The molecule has 5 heterocycles. The zero-order valence-corrected chi connectivity index (χ0v) is 14.8. The molecule has 25 heavy (non-hydrogen) atoms. The molecule has 1 N–H and O–H groups in total. The van der Waals surface area contributed by atoms with E-state index in [1.807, 2.05) is 12.4 Å². The number of para-hydroxylation sites is 1. The normalized spacial score (nSPS) is 34.2. The number of nitrogens with zero attached hydrogens (tertiary/aromatic N) is 3. The van der Waals surface area contributed by atoms with E-state index in [0.29, 0.717) is 18.0 Å². The lowest BCUT2D eigenvalue weighted by atomic mass is 9.75. The van der Waals surface area contributed by atoms with Crippen LogP contribution in [0.4, 0.5) is 0 Å². The Morgan fingerprint density at radius 2 is 2.04 bits per heavy atom. The van der Waals surface area contributed by atoms with Gasteiger partial charge in [0.25, 0.3) is 0 Å². The van der Waals surface area contributed by atoms with E-state index in [-0.39, 0.29) is 0 Å². The van der Waals surface area contributed by atoms with Gasteiger partial charge < -0.3 is 9.72 Å². The lowest BCUT2D eigenvalue weighted by Crippen LogP contribution is -2.60. The van der Waals surface area contributed by atoms with E-state index in [0.717, 1.165) is 30.6 Å². The third-order valence-corrected chi connectivity index (χ3v) is 6.54. The molecule has 0 spiro atoms. The molecule has 4 fully saturated rings. The molecule has 4 saturated heterocycles. The van der Waals surface area contributed by atoms with Gasteiger partial charge in [0.2, 0.25) is 0 Å². The molecular formula is C20H26N4O. The Morgan fingerprint density at radius 3 is 2.80 bits per heavy atom. The van der Waals surface area contributed by atoms with Crippen LogP contribution in [0, 0.1) is 5.92 Å². The van der Waals surface area contributed by atoms with Crippen LogP contribution in [0.25, 0.3) is 0 Å². The average molecular weight is 338 g/mol. The number of methoxy groups -OCH3 is 1. The van der Waals surface area contributed by atoms with Gasteiger partial charge in [0.15, 0.2) is 0 Å². The molecule has 0 amide bonds. The monoisotopic (exact) mass is 338 g/mol. The van der Waals surface area contributed by atoms with Crippen LogP contribution < -0.4 is 4.74 Å². The first kappa shape index (κ1) is 15.4. The predicted octanol–water partition coefficient (Wildman–Crippen LogP) is 2.48.